The van der Waals surface area contributed by atoms with Crippen molar-refractivity contribution in [1.29, 1.82) is 0 Å². The average molecular weight is 296 g/mol. The van der Waals surface area contributed by atoms with Gasteiger partial charge in [0.2, 0.25) is 0 Å². The normalized spacial score (nSPS) is 24.2. The Bertz CT molecular complexity index is 458. The molecule has 5 heteroatoms. The summed E-state index contributed by atoms with van der Waals surface area (Å²) in [6.07, 6.45) is 3.78. The van der Waals surface area contributed by atoms with Crippen molar-refractivity contribution in [1.82, 2.24) is 9.88 Å². The van der Waals surface area contributed by atoms with E-state index in [0.717, 1.165) is 25.9 Å². The molecule has 2 unspecified atom stereocenters. The van der Waals surface area contributed by atoms with E-state index in [0.29, 0.717) is 18.4 Å². The molecule has 2 heterocycles. The molecular formula is C15H24N2O2S. The highest BCUT2D eigenvalue weighted by Gasteiger charge is 2.29. The number of nitrogens with zero attached hydrogens (tertiary/aromatic N) is 2. The van der Waals surface area contributed by atoms with Crippen molar-refractivity contribution in [3.8, 4) is 0 Å². The second kappa shape index (κ2) is 6.68. The minimum absolute atomic E-state index is 0.221. The van der Waals surface area contributed by atoms with Gasteiger partial charge in [-0.3, -0.25) is 9.69 Å². The Balaban J connectivity index is 1.94. The van der Waals surface area contributed by atoms with Crippen molar-refractivity contribution in [2.75, 3.05) is 13.1 Å². The molecule has 2 atom stereocenters. The summed E-state index contributed by atoms with van der Waals surface area (Å²) in [4.78, 5) is 19.2. The number of hydrogen-bond acceptors (Lipinski definition) is 4. The zero-order chi connectivity index (χ0) is 14.7. The molecule has 0 spiro atoms. The zero-order valence-corrected chi connectivity index (χ0v) is 13.3. The lowest BCUT2D eigenvalue weighted by atomic mass is 9.90. The molecule has 0 aliphatic carbocycles. The summed E-state index contributed by atoms with van der Waals surface area (Å²) >= 11 is 1.77. The number of rotatable bonds is 5. The van der Waals surface area contributed by atoms with Crippen LogP contribution in [0.4, 0.5) is 0 Å². The molecule has 4 nitrogen and oxygen atoms in total. The van der Waals surface area contributed by atoms with Crippen LogP contribution in [0.3, 0.4) is 0 Å². The molecule has 0 amide bonds. The largest absolute Gasteiger partial charge is 0.481 e. The van der Waals surface area contributed by atoms with Gasteiger partial charge in [0.1, 0.15) is 0 Å². The van der Waals surface area contributed by atoms with E-state index in [1.165, 1.54) is 9.88 Å². The fourth-order valence-corrected chi connectivity index (χ4v) is 4.03. The predicted octanol–water partition coefficient (Wildman–Crippen LogP) is 2.88. The first-order valence-corrected chi connectivity index (χ1v) is 8.14. The van der Waals surface area contributed by atoms with E-state index in [1.807, 2.05) is 6.20 Å². The number of carboxylic acids is 1. The maximum Gasteiger partial charge on any atom is 0.307 e. The highest BCUT2D eigenvalue weighted by atomic mass is 32.1. The van der Waals surface area contributed by atoms with E-state index < -0.39 is 5.97 Å². The molecular weight excluding hydrogens is 272 g/mol. The van der Waals surface area contributed by atoms with Gasteiger partial charge >= 0.3 is 5.97 Å². The number of aromatic nitrogens is 1. The number of piperidine rings is 1. The molecule has 1 fully saturated rings. The van der Waals surface area contributed by atoms with Crippen LogP contribution in [0.5, 0.6) is 0 Å². The Kier molecular flexibility index (Phi) is 5.16. The van der Waals surface area contributed by atoms with Crippen LogP contribution < -0.4 is 0 Å². The fourth-order valence-electron chi connectivity index (χ4n) is 2.85. The third kappa shape index (κ3) is 4.28. The second-order valence-electron chi connectivity index (χ2n) is 6.39. The van der Waals surface area contributed by atoms with Crippen LogP contribution in [0.2, 0.25) is 0 Å². The molecule has 1 aromatic heterocycles. The monoisotopic (exact) mass is 296 g/mol. The lowest BCUT2D eigenvalue weighted by molar-refractivity contribution is -0.144. The van der Waals surface area contributed by atoms with Crippen LogP contribution in [-0.4, -0.2) is 34.0 Å². The number of hydrogen-bond donors (Lipinski definition) is 1. The first-order valence-electron chi connectivity index (χ1n) is 7.32. The summed E-state index contributed by atoms with van der Waals surface area (Å²) in [5, 5.41) is 10.4. The molecule has 2 rings (SSSR count). The molecule has 1 aromatic rings. The van der Waals surface area contributed by atoms with E-state index in [9.17, 15) is 9.90 Å². The summed E-state index contributed by atoms with van der Waals surface area (Å²) in [6.45, 7) is 9.02. The Labute approximate surface area is 124 Å². The van der Waals surface area contributed by atoms with Gasteiger partial charge in [0, 0.05) is 37.1 Å². The van der Waals surface area contributed by atoms with Crippen molar-refractivity contribution in [3.63, 3.8) is 0 Å². The molecule has 1 aliphatic rings. The maximum absolute atomic E-state index is 11.2. The third-order valence-corrected chi connectivity index (χ3v) is 4.65. The van der Waals surface area contributed by atoms with Crippen LogP contribution in [0.25, 0.3) is 0 Å². The zero-order valence-electron chi connectivity index (χ0n) is 12.5. The Morgan fingerprint density at radius 3 is 2.95 bits per heavy atom. The number of carboxylic acid groups (broad SMARTS) is 1. The molecule has 112 valence electrons. The predicted molar refractivity (Wildman–Crippen MR) is 80.8 cm³/mol. The summed E-state index contributed by atoms with van der Waals surface area (Å²) < 4.78 is 0. The quantitative estimate of drug-likeness (QED) is 0.908. The second-order valence-corrected chi connectivity index (χ2v) is 7.59. The molecule has 20 heavy (non-hydrogen) atoms. The molecule has 0 radical (unpaired) electrons. The highest BCUT2D eigenvalue weighted by Crippen LogP contribution is 2.25. The lowest BCUT2D eigenvalue weighted by Gasteiger charge is -2.34. The van der Waals surface area contributed by atoms with Crippen LogP contribution in [-0.2, 0) is 17.8 Å². The molecule has 1 N–H and O–H groups in total. The van der Waals surface area contributed by atoms with E-state index in [4.69, 9.17) is 0 Å². The van der Waals surface area contributed by atoms with Gasteiger partial charge in [-0.25, -0.2) is 4.98 Å². The Morgan fingerprint density at radius 2 is 2.30 bits per heavy atom. The Morgan fingerprint density at radius 1 is 1.55 bits per heavy atom. The molecule has 0 bridgehead atoms. The number of likely N-dealkylation sites (tertiary alicyclic amines) is 1. The van der Waals surface area contributed by atoms with Gasteiger partial charge in [0.05, 0.1) is 10.9 Å². The van der Waals surface area contributed by atoms with Crippen LogP contribution in [0, 0.1) is 17.8 Å². The van der Waals surface area contributed by atoms with Gasteiger partial charge in [0.25, 0.3) is 0 Å². The summed E-state index contributed by atoms with van der Waals surface area (Å²) in [6, 6.07) is 0. The molecule has 1 saturated heterocycles. The van der Waals surface area contributed by atoms with Gasteiger partial charge < -0.3 is 5.11 Å². The third-order valence-electron chi connectivity index (χ3n) is 3.65. The summed E-state index contributed by atoms with van der Waals surface area (Å²) in [7, 11) is 0. The lowest BCUT2D eigenvalue weighted by Crippen LogP contribution is -2.41. The number of carbonyl (C=O) groups is 1. The van der Waals surface area contributed by atoms with Crippen LogP contribution >= 0.6 is 11.3 Å². The van der Waals surface area contributed by atoms with Gasteiger partial charge in [-0.2, -0.15) is 0 Å². The highest BCUT2D eigenvalue weighted by molar-refractivity contribution is 7.11. The standard InChI is InChI=1S/C15H24N2O2S/c1-10(2)4-14-16-6-13(20-14)9-17-7-11(3)5-12(8-17)15(18)19/h6,10-12H,4-5,7-9H2,1-3H3,(H,18,19). The van der Waals surface area contributed by atoms with E-state index in [2.05, 4.69) is 30.7 Å². The van der Waals surface area contributed by atoms with Crippen LogP contribution in [0.15, 0.2) is 6.20 Å². The fraction of sp³-hybridized carbons (Fsp3) is 0.733. The van der Waals surface area contributed by atoms with E-state index >= 15 is 0 Å². The van der Waals surface area contributed by atoms with Crippen molar-refractivity contribution in [2.24, 2.45) is 17.8 Å². The summed E-state index contributed by atoms with van der Waals surface area (Å²) in [5.74, 6) is 0.196. The van der Waals surface area contributed by atoms with E-state index in [1.54, 1.807) is 11.3 Å². The number of aliphatic carboxylic acids is 1. The van der Waals surface area contributed by atoms with Crippen molar-refractivity contribution >= 4 is 17.3 Å². The van der Waals surface area contributed by atoms with Gasteiger partial charge in [-0.05, 0) is 18.3 Å². The summed E-state index contributed by atoms with van der Waals surface area (Å²) in [5.41, 5.74) is 0. The Hall–Kier alpha value is -0.940. The van der Waals surface area contributed by atoms with Gasteiger partial charge in [0.15, 0.2) is 0 Å². The number of thiazole rings is 1. The van der Waals surface area contributed by atoms with Crippen LogP contribution in [0.1, 0.15) is 37.1 Å². The van der Waals surface area contributed by atoms with Gasteiger partial charge in [-0.15, -0.1) is 11.3 Å². The van der Waals surface area contributed by atoms with E-state index in [-0.39, 0.29) is 5.92 Å². The minimum atomic E-state index is -0.661. The topological polar surface area (TPSA) is 53.4 Å². The SMILES string of the molecule is CC(C)Cc1ncc(CN2CC(C)CC(C(=O)O)C2)s1. The molecule has 0 saturated carbocycles. The molecule has 1 aliphatic heterocycles. The van der Waals surface area contributed by atoms with Gasteiger partial charge in [-0.1, -0.05) is 20.8 Å². The first-order chi connectivity index (χ1) is 9.44. The van der Waals surface area contributed by atoms with Crippen molar-refractivity contribution in [2.45, 2.75) is 40.2 Å². The smallest absolute Gasteiger partial charge is 0.307 e. The maximum atomic E-state index is 11.2. The minimum Gasteiger partial charge on any atom is -0.481 e. The average Bonchev–Trinajstić information content (AvgIpc) is 2.74. The first kappa shape index (κ1) is 15.4. The molecule has 0 aromatic carbocycles. The van der Waals surface area contributed by atoms with Crippen molar-refractivity contribution in [3.05, 3.63) is 16.1 Å². The van der Waals surface area contributed by atoms with Crippen molar-refractivity contribution < 1.29 is 9.90 Å².